The van der Waals surface area contributed by atoms with E-state index < -0.39 is 23.8 Å². The topological polar surface area (TPSA) is 66.0 Å². The highest BCUT2D eigenvalue weighted by molar-refractivity contribution is 5.89. The Balaban J connectivity index is 1.40. The molecule has 1 aliphatic rings. The molecule has 1 N–H and O–H groups in total. The molecule has 6 heteroatoms. The van der Waals surface area contributed by atoms with Crippen molar-refractivity contribution in [2.24, 2.45) is 0 Å². The van der Waals surface area contributed by atoms with Crippen LogP contribution in [0.5, 0.6) is 11.5 Å². The predicted octanol–water partition coefficient (Wildman–Crippen LogP) is 7.31. The van der Waals surface area contributed by atoms with Gasteiger partial charge in [-0.25, -0.2) is 4.79 Å². The van der Waals surface area contributed by atoms with Gasteiger partial charge in [0.2, 0.25) is 0 Å². The van der Waals surface area contributed by atoms with Crippen molar-refractivity contribution in [2.75, 3.05) is 19.0 Å². The fraction of sp³-hybridized carbons (Fsp3) is 0.286. The molecule has 2 atom stereocenters. The molecule has 2 unspecified atom stereocenters. The van der Waals surface area contributed by atoms with E-state index >= 15 is 0 Å². The van der Waals surface area contributed by atoms with Gasteiger partial charge in [0.25, 0.3) is 0 Å². The van der Waals surface area contributed by atoms with Crippen molar-refractivity contribution in [1.82, 2.24) is 0 Å². The number of methoxy groups -OCH3 is 1. The summed E-state index contributed by atoms with van der Waals surface area (Å²) in [7, 11) is 1.66. The van der Waals surface area contributed by atoms with E-state index in [1.54, 1.807) is 19.2 Å². The molecule has 0 aromatic heterocycles. The Labute approximate surface area is 242 Å². The predicted molar refractivity (Wildman–Crippen MR) is 161 cm³/mol. The molecule has 5 rings (SSSR count). The monoisotopic (exact) mass is 551 g/mol. The molecule has 6 nitrogen and oxygen atoms in total. The standard InChI is InChI=1S/C35H37NO5/c1-24-10-14-27(15-11-24)34(37)40-33-32(39-21-20-25-8-6-5-7-9-25)30-22-28(16-19-31(30)41-35(33,2)3)36-23-26-12-17-29(38-4)18-13-26/h5-19,22,32-33,36H,20-21,23H2,1-4H3. The van der Waals surface area contributed by atoms with Crippen LogP contribution in [-0.4, -0.2) is 31.4 Å². The van der Waals surface area contributed by atoms with E-state index in [4.69, 9.17) is 18.9 Å². The van der Waals surface area contributed by atoms with E-state index in [0.717, 1.165) is 40.3 Å². The average molecular weight is 552 g/mol. The third kappa shape index (κ3) is 6.90. The second kappa shape index (κ2) is 12.5. The van der Waals surface area contributed by atoms with Crippen LogP contribution in [0.15, 0.2) is 97.1 Å². The van der Waals surface area contributed by atoms with Crippen molar-refractivity contribution >= 4 is 11.7 Å². The van der Waals surface area contributed by atoms with Crippen LogP contribution in [0.2, 0.25) is 0 Å². The molecule has 41 heavy (non-hydrogen) atoms. The van der Waals surface area contributed by atoms with Gasteiger partial charge in [-0.15, -0.1) is 0 Å². The number of benzene rings is 4. The summed E-state index contributed by atoms with van der Waals surface area (Å²) in [5.41, 5.74) is 4.83. The highest BCUT2D eigenvalue weighted by Crippen LogP contribution is 2.44. The molecule has 0 bridgehead atoms. The van der Waals surface area contributed by atoms with E-state index in [-0.39, 0.29) is 0 Å². The summed E-state index contributed by atoms with van der Waals surface area (Å²) in [6.07, 6.45) is -0.451. The summed E-state index contributed by atoms with van der Waals surface area (Å²) in [5.74, 6) is 1.14. The number of nitrogens with one attached hydrogen (secondary N) is 1. The lowest BCUT2D eigenvalue weighted by Gasteiger charge is -2.43. The number of anilines is 1. The molecule has 4 aromatic rings. The molecule has 0 saturated heterocycles. The zero-order valence-electron chi connectivity index (χ0n) is 24.1. The minimum Gasteiger partial charge on any atom is -0.497 e. The van der Waals surface area contributed by atoms with Gasteiger partial charge < -0.3 is 24.3 Å². The maximum Gasteiger partial charge on any atom is 0.338 e. The van der Waals surface area contributed by atoms with Crippen molar-refractivity contribution in [1.29, 1.82) is 0 Å². The molecule has 0 aliphatic carbocycles. The maximum atomic E-state index is 13.3. The first-order valence-electron chi connectivity index (χ1n) is 14.0. The molecule has 212 valence electrons. The maximum absolute atomic E-state index is 13.3. The first-order valence-corrected chi connectivity index (χ1v) is 14.0. The summed E-state index contributed by atoms with van der Waals surface area (Å²) < 4.78 is 24.4. The molecule has 0 radical (unpaired) electrons. The van der Waals surface area contributed by atoms with Crippen LogP contribution in [0.25, 0.3) is 0 Å². The van der Waals surface area contributed by atoms with Crippen molar-refractivity contribution in [2.45, 2.75) is 51.5 Å². The third-order valence-electron chi connectivity index (χ3n) is 7.36. The summed E-state index contributed by atoms with van der Waals surface area (Å²) in [5, 5.41) is 3.50. The fourth-order valence-corrected chi connectivity index (χ4v) is 4.99. The van der Waals surface area contributed by atoms with Gasteiger partial charge in [-0.1, -0.05) is 60.2 Å². The Morgan fingerprint density at radius 1 is 0.902 bits per heavy atom. The van der Waals surface area contributed by atoms with Crippen LogP contribution in [0.3, 0.4) is 0 Å². The van der Waals surface area contributed by atoms with Crippen molar-refractivity contribution in [3.63, 3.8) is 0 Å². The van der Waals surface area contributed by atoms with Gasteiger partial charge in [0, 0.05) is 17.8 Å². The molecule has 0 saturated carbocycles. The first-order chi connectivity index (χ1) is 19.8. The average Bonchev–Trinajstić information content (AvgIpc) is 2.98. The Bertz CT molecular complexity index is 1450. The highest BCUT2D eigenvalue weighted by atomic mass is 16.6. The molecule has 1 aliphatic heterocycles. The molecular formula is C35H37NO5. The summed E-state index contributed by atoms with van der Waals surface area (Å²) in [4.78, 5) is 13.3. The molecule has 0 amide bonds. The van der Waals surface area contributed by atoms with Gasteiger partial charge in [-0.3, -0.25) is 0 Å². The molecule has 0 fully saturated rings. The molecule has 0 spiro atoms. The third-order valence-corrected chi connectivity index (χ3v) is 7.36. The first kappa shape index (κ1) is 28.2. The van der Waals surface area contributed by atoms with Gasteiger partial charge >= 0.3 is 5.97 Å². The number of carbonyl (C=O) groups is 1. The van der Waals surface area contributed by atoms with E-state index in [2.05, 4.69) is 17.4 Å². The Morgan fingerprint density at radius 3 is 2.34 bits per heavy atom. The van der Waals surface area contributed by atoms with E-state index in [0.29, 0.717) is 18.7 Å². The minimum atomic E-state index is -0.817. The molecular weight excluding hydrogens is 514 g/mol. The number of aryl methyl sites for hydroxylation is 1. The fourth-order valence-electron chi connectivity index (χ4n) is 4.99. The van der Waals surface area contributed by atoms with Crippen molar-refractivity contribution < 1.29 is 23.7 Å². The number of esters is 1. The van der Waals surface area contributed by atoms with Crippen LogP contribution >= 0.6 is 0 Å². The zero-order valence-corrected chi connectivity index (χ0v) is 24.1. The Kier molecular flexibility index (Phi) is 8.60. The van der Waals surface area contributed by atoms with Crippen molar-refractivity contribution in [3.05, 3.63) is 125 Å². The number of fused-ring (bicyclic) bond motifs is 1. The quantitative estimate of drug-likeness (QED) is 0.209. The highest BCUT2D eigenvalue weighted by Gasteiger charge is 2.47. The lowest BCUT2D eigenvalue weighted by atomic mass is 9.87. The van der Waals surface area contributed by atoms with E-state index in [1.807, 2.05) is 93.6 Å². The summed E-state index contributed by atoms with van der Waals surface area (Å²) in [6.45, 7) is 6.96. The molecule has 1 heterocycles. The number of carbonyl (C=O) groups excluding carboxylic acids is 1. The zero-order chi connectivity index (χ0) is 28.8. The second-order valence-electron chi connectivity index (χ2n) is 10.9. The van der Waals surface area contributed by atoms with Gasteiger partial charge in [-0.05, 0) is 80.8 Å². The van der Waals surface area contributed by atoms with Gasteiger partial charge in [0.1, 0.15) is 23.2 Å². The van der Waals surface area contributed by atoms with E-state index in [1.165, 1.54) is 5.56 Å². The van der Waals surface area contributed by atoms with Crippen LogP contribution < -0.4 is 14.8 Å². The van der Waals surface area contributed by atoms with Crippen molar-refractivity contribution in [3.8, 4) is 11.5 Å². The van der Waals surface area contributed by atoms with Gasteiger partial charge in [-0.2, -0.15) is 0 Å². The van der Waals surface area contributed by atoms with Crippen LogP contribution in [-0.2, 0) is 22.4 Å². The SMILES string of the molecule is COc1ccc(CNc2ccc3c(c2)C(OCCc2ccccc2)C(OC(=O)c2ccc(C)cc2)C(C)(C)O3)cc1. The Morgan fingerprint density at radius 2 is 1.63 bits per heavy atom. The molecule has 4 aromatic carbocycles. The van der Waals surface area contributed by atoms with Crippen LogP contribution in [0.1, 0.15) is 52.6 Å². The van der Waals surface area contributed by atoms with Gasteiger partial charge in [0.05, 0.1) is 19.3 Å². The number of hydrogen-bond acceptors (Lipinski definition) is 6. The van der Waals surface area contributed by atoms with Crippen LogP contribution in [0, 0.1) is 6.92 Å². The summed E-state index contributed by atoms with van der Waals surface area (Å²) in [6, 6.07) is 31.6. The lowest BCUT2D eigenvalue weighted by Crippen LogP contribution is -2.51. The lowest BCUT2D eigenvalue weighted by molar-refractivity contribution is -0.139. The number of hydrogen-bond donors (Lipinski definition) is 1. The van der Waals surface area contributed by atoms with E-state index in [9.17, 15) is 4.79 Å². The second-order valence-corrected chi connectivity index (χ2v) is 10.9. The van der Waals surface area contributed by atoms with Gasteiger partial charge in [0.15, 0.2) is 6.10 Å². The Hall–Kier alpha value is -4.29. The smallest absolute Gasteiger partial charge is 0.338 e. The number of rotatable bonds is 10. The largest absolute Gasteiger partial charge is 0.497 e. The normalized spacial score (nSPS) is 17.2. The van der Waals surface area contributed by atoms with Crippen LogP contribution in [0.4, 0.5) is 5.69 Å². The summed E-state index contributed by atoms with van der Waals surface area (Å²) >= 11 is 0. The number of ether oxygens (including phenoxy) is 4. The minimum absolute atomic E-state index is 0.402.